The van der Waals surface area contributed by atoms with Crippen LogP contribution >= 0.6 is 23.4 Å². The molecular formula is C20H18ClN3O4S. The Bertz CT molecular complexity index is 997. The molecule has 0 aromatic heterocycles. The highest BCUT2D eigenvalue weighted by Gasteiger charge is 2.35. The molecule has 0 bridgehead atoms. The molecule has 0 saturated carbocycles. The first-order valence-electron chi connectivity index (χ1n) is 9.06. The Morgan fingerprint density at radius 3 is 2.86 bits per heavy atom. The fraction of sp³-hybridized carbons (Fsp3) is 0.250. The standard InChI is InChI=1S/C20H18ClN3O4S/c1-2-24-18(25)10-17(19(26)23-14-6-4-3-5-13(14)21)29-20(24)22-12-7-8-15-16(9-12)28-11-27-15/h3-9,17H,2,10-11H2,1H3,(H,23,26). The van der Waals surface area contributed by atoms with Crippen molar-refractivity contribution in [3.63, 3.8) is 0 Å². The summed E-state index contributed by atoms with van der Waals surface area (Å²) in [6.07, 6.45) is 0.0922. The van der Waals surface area contributed by atoms with Gasteiger partial charge in [-0.1, -0.05) is 35.5 Å². The number of nitrogens with zero attached hydrogens (tertiary/aromatic N) is 2. The number of nitrogens with one attached hydrogen (secondary N) is 1. The number of amides is 2. The molecule has 4 rings (SSSR count). The van der Waals surface area contributed by atoms with E-state index in [1.807, 2.05) is 6.92 Å². The third kappa shape index (κ3) is 4.18. The van der Waals surface area contributed by atoms with Crippen molar-refractivity contribution in [2.24, 2.45) is 4.99 Å². The number of para-hydroxylation sites is 1. The smallest absolute Gasteiger partial charge is 0.238 e. The van der Waals surface area contributed by atoms with E-state index in [2.05, 4.69) is 10.3 Å². The number of benzene rings is 2. The number of aliphatic imine (C=N–C) groups is 1. The van der Waals surface area contributed by atoms with E-state index in [0.29, 0.717) is 39.6 Å². The fourth-order valence-corrected chi connectivity index (χ4v) is 4.34. The van der Waals surface area contributed by atoms with E-state index in [1.54, 1.807) is 47.4 Å². The minimum Gasteiger partial charge on any atom is -0.454 e. The molecule has 1 fully saturated rings. The van der Waals surface area contributed by atoms with Gasteiger partial charge >= 0.3 is 0 Å². The summed E-state index contributed by atoms with van der Waals surface area (Å²) in [4.78, 5) is 31.6. The fourth-order valence-electron chi connectivity index (χ4n) is 2.99. The molecular weight excluding hydrogens is 414 g/mol. The molecule has 150 valence electrons. The second-order valence-electron chi connectivity index (χ2n) is 6.35. The van der Waals surface area contributed by atoms with E-state index in [0.717, 1.165) is 0 Å². The third-order valence-corrected chi connectivity index (χ3v) is 5.98. The Morgan fingerprint density at radius 1 is 1.28 bits per heavy atom. The van der Waals surface area contributed by atoms with Crippen LogP contribution in [0.2, 0.25) is 5.02 Å². The molecule has 2 aromatic carbocycles. The molecule has 0 aliphatic carbocycles. The minimum absolute atomic E-state index is 0.0922. The van der Waals surface area contributed by atoms with Crippen LogP contribution in [0.5, 0.6) is 11.5 Å². The van der Waals surface area contributed by atoms with Crippen LogP contribution in [-0.4, -0.2) is 40.5 Å². The van der Waals surface area contributed by atoms with Gasteiger partial charge in [0.05, 0.1) is 16.4 Å². The van der Waals surface area contributed by atoms with Crippen LogP contribution in [0.15, 0.2) is 47.5 Å². The first-order chi connectivity index (χ1) is 14.0. The van der Waals surface area contributed by atoms with E-state index in [9.17, 15) is 9.59 Å². The summed E-state index contributed by atoms with van der Waals surface area (Å²) in [6, 6.07) is 12.3. The molecule has 2 aromatic rings. The molecule has 0 radical (unpaired) electrons. The second-order valence-corrected chi connectivity index (χ2v) is 7.93. The molecule has 29 heavy (non-hydrogen) atoms. The van der Waals surface area contributed by atoms with Gasteiger partial charge in [-0.05, 0) is 31.2 Å². The van der Waals surface area contributed by atoms with E-state index >= 15 is 0 Å². The zero-order valence-electron chi connectivity index (χ0n) is 15.6. The lowest BCUT2D eigenvalue weighted by atomic mass is 10.2. The number of halogens is 1. The summed E-state index contributed by atoms with van der Waals surface area (Å²) in [6.45, 7) is 2.51. The zero-order valence-corrected chi connectivity index (χ0v) is 17.1. The quantitative estimate of drug-likeness (QED) is 0.789. The van der Waals surface area contributed by atoms with Crippen LogP contribution in [-0.2, 0) is 9.59 Å². The van der Waals surface area contributed by atoms with Gasteiger partial charge < -0.3 is 14.8 Å². The largest absolute Gasteiger partial charge is 0.454 e. The minimum atomic E-state index is -0.602. The topological polar surface area (TPSA) is 80.2 Å². The third-order valence-electron chi connectivity index (χ3n) is 4.46. The van der Waals surface area contributed by atoms with Gasteiger partial charge in [0.15, 0.2) is 16.7 Å². The molecule has 2 amide bonds. The van der Waals surface area contributed by atoms with Crippen molar-refractivity contribution in [1.82, 2.24) is 4.90 Å². The van der Waals surface area contributed by atoms with Crippen molar-refractivity contribution in [3.05, 3.63) is 47.5 Å². The number of carbonyl (C=O) groups excluding carboxylic acids is 2. The number of ether oxygens (including phenoxy) is 2. The van der Waals surface area contributed by atoms with Crippen molar-refractivity contribution >= 4 is 51.7 Å². The second kappa shape index (κ2) is 8.34. The number of thioether (sulfide) groups is 1. The van der Waals surface area contributed by atoms with Gasteiger partial charge in [0.25, 0.3) is 0 Å². The summed E-state index contributed by atoms with van der Waals surface area (Å²) in [7, 11) is 0. The number of carbonyl (C=O) groups is 2. The summed E-state index contributed by atoms with van der Waals surface area (Å²) >= 11 is 7.38. The summed E-state index contributed by atoms with van der Waals surface area (Å²) in [5, 5.41) is 3.11. The Balaban J connectivity index is 1.57. The van der Waals surface area contributed by atoms with Gasteiger partial charge in [-0.3, -0.25) is 14.5 Å². The molecule has 7 nitrogen and oxygen atoms in total. The molecule has 1 atom stereocenters. The summed E-state index contributed by atoms with van der Waals surface area (Å²) in [5.41, 5.74) is 1.13. The van der Waals surface area contributed by atoms with Crippen LogP contribution in [0.1, 0.15) is 13.3 Å². The SMILES string of the molecule is CCN1C(=O)CC(C(=O)Nc2ccccc2Cl)SC1=Nc1ccc2c(c1)OCO2. The normalized spacial score (nSPS) is 19.5. The average Bonchev–Trinajstić information content (AvgIpc) is 3.17. The maximum absolute atomic E-state index is 12.8. The van der Waals surface area contributed by atoms with Crippen molar-refractivity contribution in [2.45, 2.75) is 18.6 Å². The van der Waals surface area contributed by atoms with Crippen molar-refractivity contribution in [1.29, 1.82) is 0 Å². The van der Waals surface area contributed by atoms with Gasteiger partial charge in [0.1, 0.15) is 5.25 Å². The molecule has 2 aliphatic rings. The number of hydrogen-bond donors (Lipinski definition) is 1. The highest BCUT2D eigenvalue weighted by molar-refractivity contribution is 8.15. The summed E-state index contributed by atoms with van der Waals surface area (Å²) < 4.78 is 10.7. The van der Waals surface area contributed by atoms with Crippen LogP contribution < -0.4 is 14.8 Å². The van der Waals surface area contributed by atoms with E-state index in [-0.39, 0.29) is 25.0 Å². The molecule has 1 saturated heterocycles. The molecule has 2 heterocycles. The molecule has 1 unspecified atom stereocenters. The van der Waals surface area contributed by atoms with Crippen LogP contribution in [0, 0.1) is 0 Å². The lowest BCUT2D eigenvalue weighted by Crippen LogP contribution is -2.45. The van der Waals surface area contributed by atoms with Crippen molar-refractivity contribution in [2.75, 3.05) is 18.7 Å². The maximum atomic E-state index is 12.8. The first kappa shape index (κ1) is 19.6. The highest BCUT2D eigenvalue weighted by atomic mass is 35.5. The molecule has 2 aliphatic heterocycles. The Labute approximate surface area is 177 Å². The van der Waals surface area contributed by atoms with E-state index in [4.69, 9.17) is 21.1 Å². The predicted octanol–water partition coefficient (Wildman–Crippen LogP) is 4.05. The maximum Gasteiger partial charge on any atom is 0.238 e. The van der Waals surface area contributed by atoms with Crippen LogP contribution in [0.3, 0.4) is 0 Å². The van der Waals surface area contributed by atoms with Gasteiger partial charge in [0, 0.05) is 19.0 Å². The molecule has 1 N–H and O–H groups in total. The van der Waals surface area contributed by atoms with Gasteiger partial charge in [-0.2, -0.15) is 0 Å². The lowest BCUT2D eigenvalue weighted by molar-refractivity contribution is -0.129. The number of fused-ring (bicyclic) bond motifs is 1. The Kier molecular flexibility index (Phi) is 5.64. The number of amidine groups is 1. The van der Waals surface area contributed by atoms with Crippen molar-refractivity contribution in [3.8, 4) is 11.5 Å². The number of hydrogen-bond acceptors (Lipinski definition) is 6. The Morgan fingerprint density at radius 2 is 2.07 bits per heavy atom. The number of anilines is 1. The van der Waals surface area contributed by atoms with E-state index in [1.165, 1.54) is 11.8 Å². The predicted molar refractivity (Wildman–Crippen MR) is 113 cm³/mol. The average molecular weight is 432 g/mol. The number of rotatable bonds is 4. The van der Waals surface area contributed by atoms with E-state index < -0.39 is 5.25 Å². The van der Waals surface area contributed by atoms with Crippen LogP contribution in [0.25, 0.3) is 0 Å². The first-order valence-corrected chi connectivity index (χ1v) is 10.3. The Hall–Kier alpha value is -2.71. The summed E-state index contributed by atoms with van der Waals surface area (Å²) in [5.74, 6) is 0.830. The monoisotopic (exact) mass is 431 g/mol. The van der Waals surface area contributed by atoms with Gasteiger partial charge in [0.2, 0.25) is 18.6 Å². The highest BCUT2D eigenvalue weighted by Crippen LogP contribution is 2.37. The van der Waals surface area contributed by atoms with Gasteiger partial charge in [-0.15, -0.1) is 0 Å². The molecule has 0 spiro atoms. The molecule has 9 heteroatoms. The zero-order chi connectivity index (χ0) is 20.4. The van der Waals surface area contributed by atoms with Crippen LogP contribution in [0.4, 0.5) is 11.4 Å². The van der Waals surface area contributed by atoms with Crippen molar-refractivity contribution < 1.29 is 19.1 Å². The van der Waals surface area contributed by atoms with Gasteiger partial charge in [-0.25, -0.2) is 4.99 Å². The lowest BCUT2D eigenvalue weighted by Gasteiger charge is -2.31.